The van der Waals surface area contributed by atoms with Gasteiger partial charge in [-0.3, -0.25) is 9.59 Å². The Balaban J connectivity index is 0.838. The van der Waals surface area contributed by atoms with E-state index in [1.165, 1.54) is 43.6 Å². The van der Waals surface area contributed by atoms with Crippen molar-refractivity contribution in [1.29, 1.82) is 0 Å². The van der Waals surface area contributed by atoms with Crippen molar-refractivity contribution in [2.24, 2.45) is 11.8 Å². The number of aromatic nitrogens is 1. The number of aliphatic hydroxyl groups excluding tert-OH is 1. The van der Waals surface area contributed by atoms with Crippen LogP contribution in [0, 0.1) is 11.8 Å². The number of unbranched alkanes of at least 4 members (excludes halogenated alkanes) is 2. The van der Waals surface area contributed by atoms with Gasteiger partial charge in [0, 0.05) is 37.1 Å². The molecule has 4 aliphatic rings. The Bertz CT molecular complexity index is 1800. The lowest BCUT2D eigenvalue weighted by Crippen LogP contribution is -2.58. The van der Waals surface area contributed by atoms with E-state index in [2.05, 4.69) is 50.4 Å². The number of ether oxygens (including phenoxy) is 1. The summed E-state index contributed by atoms with van der Waals surface area (Å²) >= 11 is 0. The van der Waals surface area contributed by atoms with Crippen molar-refractivity contribution in [2.45, 2.75) is 69.4 Å². The Morgan fingerprint density at radius 2 is 1.73 bits per heavy atom. The number of aromatic amines is 1. The summed E-state index contributed by atoms with van der Waals surface area (Å²) in [5, 5.41) is 24.8. The number of phenolic OH excluding ortho intramolecular Hbond substituents is 1. The normalized spacial score (nSPS) is 23.7. The van der Waals surface area contributed by atoms with Crippen LogP contribution in [0.5, 0.6) is 11.5 Å². The predicted molar refractivity (Wildman–Crippen MR) is 200 cm³/mol. The number of nitrogens with one attached hydrogen (secondary N) is 2. The average molecular weight is 693 g/mol. The topological polar surface area (TPSA) is 118 Å². The fourth-order valence-corrected chi connectivity index (χ4v) is 8.78. The highest BCUT2D eigenvalue weighted by atomic mass is 16.5. The number of fused-ring (bicyclic) bond motifs is 4. The molecule has 4 aliphatic heterocycles. The van der Waals surface area contributed by atoms with E-state index < -0.39 is 6.10 Å². The van der Waals surface area contributed by atoms with Gasteiger partial charge in [0.15, 0.2) is 0 Å². The standard InChI is InChI=1S/C42H52N4O5/c47-38-15-13-34(35-14-16-40(49)44-42(35)38)39(48)27-43-20-5-2-6-24-51-33-11-9-29(10-12-33)25-41(50)46-23-19-32(30-7-3-1-4-8-30)26-37(46)36-28-45-21-17-31(36)18-22-45/h1,3-4,7-16,31-32,36-37,39,43,47-48H,2,5-6,17-28H2,(H,44,49)/t32?,36?,37-,39+/m1/s1. The highest BCUT2D eigenvalue weighted by molar-refractivity contribution is 5.87. The van der Waals surface area contributed by atoms with E-state index in [0.29, 0.717) is 53.9 Å². The summed E-state index contributed by atoms with van der Waals surface area (Å²) in [6, 6.07) is 25.5. The van der Waals surface area contributed by atoms with Crippen molar-refractivity contribution in [2.75, 3.05) is 45.9 Å². The monoisotopic (exact) mass is 692 g/mol. The first kappa shape index (κ1) is 35.2. The number of likely N-dealkylation sites (tertiary alicyclic amines) is 1. The van der Waals surface area contributed by atoms with Crippen LogP contribution in [0.1, 0.15) is 73.7 Å². The Morgan fingerprint density at radius 1 is 0.922 bits per heavy atom. The van der Waals surface area contributed by atoms with Crippen molar-refractivity contribution >= 4 is 16.8 Å². The molecule has 2 bridgehead atoms. The molecule has 1 amide bonds. The van der Waals surface area contributed by atoms with Gasteiger partial charge < -0.3 is 35.1 Å². The average Bonchev–Trinajstić information content (AvgIpc) is 3.17. The molecular weight excluding hydrogens is 640 g/mol. The van der Waals surface area contributed by atoms with Crippen molar-refractivity contribution < 1.29 is 19.7 Å². The van der Waals surface area contributed by atoms with Gasteiger partial charge in [-0.25, -0.2) is 0 Å². The SMILES string of the molecule is O=C(Cc1ccc(OCCCCCNC[C@H](O)c2ccc(O)c3[nH]c(=O)ccc23)cc1)N1CCC(c2ccccc2)C[C@@H]1C1CN2CCC1CC2. The van der Waals surface area contributed by atoms with E-state index in [4.69, 9.17) is 4.74 Å². The molecule has 0 saturated carbocycles. The number of pyridine rings is 1. The van der Waals surface area contributed by atoms with Crippen LogP contribution in [-0.4, -0.2) is 82.8 Å². The molecule has 2 unspecified atom stereocenters. The van der Waals surface area contributed by atoms with Crippen LogP contribution < -0.4 is 15.6 Å². The first-order valence-corrected chi connectivity index (χ1v) is 18.9. The van der Waals surface area contributed by atoms with Gasteiger partial charge in [0.05, 0.1) is 24.6 Å². The van der Waals surface area contributed by atoms with Gasteiger partial charge in [-0.05, 0) is 123 Å². The van der Waals surface area contributed by atoms with E-state index in [1.807, 2.05) is 24.3 Å². The summed E-state index contributed by atoms with van der Waals surface area (Å²) in [5.41, 5.74) is 3.15. The highest BCUT2D eigenvalue weighted by Crippen LogP contribution is 2.42. The molecule has 270 valence electrons. The smallest absolute Gasteiger partial charge is 0.248 e. The zero-order chi connectivity index (χ0) is 35.2. The van der Waals surface area contributed by atoms with Gasteiger partial charge in [0.25, 0.3) is 0 Å². The molecule has 0 aliphatic carbocycles. The summed E-state index contributed by atoms with van der Waals surface area (Å²) in [7, 11) is 0. The third-order valence-electron chi connectivity index (χ3n) is 11.6. The van der Waals surface area contributed by atoms with E-state index in [1.54, 1.807) is 12.1 Å². The second kappa shape index (κ2) is 16.4. The number of aliphatic hydroxyl groups is 1. The predicted octanol–water partition coefficient (Wildman–Crippen LogP) is 5.77. The summed E-state index contributed by atoms with van der Waals surface area (Å²) in [6.45, 7) is 6.16. The molecule has 4 saturated heterocycles. The van der Waals surface area contributed by atoms with Crippen LogP contribution in [0.25, 0.3) is 10.9 Å². The van der Waals surface area contributed by atoms with E-state index >= 15 is 0 Å². The lowest BCUT2D eigenvalue weighted by atomic mass is 9.70. The maximum atomic E-state index is 13.9. The minimum absolute atomic E-state index is 0.0156. The van der Waals surface area contributed by atoms with Gasteiger partial charge in [0.1, 0.15) is 11.5 Å². The van der Waals surface area contributed by atoms with Gasteiger partial charge in [-0.2, -0.15) is 0 Å². The Labute approximate surface area is 300 Å². The number of carbonyl (C=O) groups is 1. The quantitative estimate of drug-likeness (QED) is 0.124. The molecule has 0 radical (unpaired) electrons. The molecule has 0 spiro atoms. The number of aromatic hydroxyl groups is 1. The Kier molecular flexibility index (Phi) is 11.4. The summed E-state index contributed by atoms with van der Waals surface area (Å²) < 4.78 is 6.02. The third kappa shape index (κ3) is 8.49. The number of benzene rings is 3. The first-order chi connectivity index (χ1) is 24.9. The van der Waals surface area contributed by atoms with Crippen molar-refractivity contribution in [3.05, 3.63) is 106 Å². The molecule has 1 aromatic heterocycles. The number of hydrogen-bond donors (Lipinski definition) is 4. The maximum absolute atomic E-state index is 13.9. The molecule has 4 N–H and O–H groups in total. The minimum Gasteiger partial charge on any atom is -0.506 e. The molecule has 51 heavy (non-hydrogen) atoms. The molecular formula is C42H52N4O5. The van der Waals surface area contributed by atoms with Crippen molar-refractivity contribution in [3.8, 4) is 11.5 Å². The third-order valence-corrected chi connectivity index (χ3v) is 11.6. The molecule has 9 nitrogen and oxygen atoms in total. The van der Waals surface area contributed by atoms with E-state index in [0.717, 1.165) is 69.0 Å². The number of piperidine rings is 4. The molecule has 3 aromatic carbocycles. The molecule has 4 aromatic rings. The van der Waals surface area contributed by atoms with Crippen molar-refractivity contribution in [1.82, 2.24) is 20.1 Å². The van der Waals surface area contributed by atoms with Crippen LogP contribution >= 0.6 is 0 Å². The molecule has 4 fully saturated rings. The minimum atomic E-state index is -0.765. The molecule has 4 atom stereocenters. The number of nitrogens with zero attached hydrogens (tertiary/aromatic N) is 2. The van der Waals surface area contributed by atoms with Crippen molar-refractivity contribution in [3.63, 3.8) is 0 Å². The zero-order valence-corrected chi connectivity index (χ0v) is 29.5. The zero-order valence-electron chi connectivity index (χ0n) is 29.5. The number of carbonyl (C=O) groups excluding carboxylic acids is 1. The van der Waals surface area contributed by atoms with Crippen LogP contribution in [0.2, 0.25) is 0 Å². The number of phenols is 1. The molecule has 5 heterocycles. The van der Waals surface area contributed by atoms with E-state index in [-0.39, 0.29) is 17.2 Å². The lowest BCUT2D eigenvalue weighted by molar-refractivity contribution is -0.138. The number of H-pyrrole nitrogens is 1. The van der Waals surface area contributed by atoms with E-state index in [9.17, 15) is 19.8 Å². The number of hydrogen-bond acceptors (Lipinski definition) is 7. The first-order valence-electron chi connectivity index (χ1n) is 18.9. The Hall–Kier alpha value is -4.18. The van der Waals surface area contributed by atoms with Gasteiger partial charge in [-0.1, -0.05) is 48.5 Å². The number of amides is 1. The van der Waals surface area contributed by atoms with Gasteiger partial charge in [0.2, 0.25) is 11.5 Å². The van der Waals surface area contributed by atoms with Crippen LogP contribution in [-0.2, 0) is 11.2 Å². The largest absolute Gasteiger partial charge is 0.506 e. The van der Waals surface area contributed by atoms with Gasteiger partial charge in [-0.15, -0.1) is 0 Å². The maximum Gasteiger partial charge on any atom is 0.248 e. The Morgan fingerprint density at radius 3 is 2.49 bits per heavy atom. The van der Waals surface area contributed by atoms with Crippen LogP contribution in [0.4, 0.5) is 0 Å². The van der Waals surface area contributed by atoms with Crippen LogP contribution in [0.15, 0.2) is 83.7 Å². The summed E-state index contributed by atoms with van der Waals surface area (Å²) in [6.07, 6.45) is 7.15. The highest BCUT2D eigenvalue weighted by Gasteiger charge is 2.44. The summed E-state index contributed by atoms with van der Waals surface area (Å²) in [5.74, 6) is 2.88. The van der Waals surface area contributed by atoms with Crippen LogP contribution in [0.3, 0.4) is 0 Å². The second-order valence-corrected chi connectivity index (χ2v) is 14.8. The lowest BCUT2D eigenvalue weighted by Gasteiger charge is -2.52. The summed E-state index contributed by atoms with van der Waals surface area (Å²) in [4.78, 5) is 33.1. The fraction of sp³-hybridized carbons (Fsp3) is 0.476. The van der Waals surface area contributed by atoms with Gasteiger partial charge >= 0.3 is 0 Å². The fourth-order valence-electron chi connectivity index (χ4n) is 8.78. The molecule has 9 heteroatoms. The second-order valence-electron chi connectivity index (χ2n) is 14.8. The molecule has 8 rings (SSSR count). The number of rotatable bonds is 14.